The standard InChI is InChI=1S/C17H17NO4/c1-4-11-6-7-14-12-8-13(16(19)21-5-2)17(20)22-15(12)10(3)18(14)9-11/h6-9H,4-5H2,1-3H3. The molecular formula is C17H17NO4. The number of aryl methyl sites for hydroxylation is 2. The van der Waals surface area contributed by atoms with Crippen LogP contribution in [0.4, 0.5) is 0 Å². The Labute approximate surface area is 127 Å². The highest BCUT2D eigenvalue weighted by Crippen LogP contribution is 2.26. The fourth-order valence-corrected chi connectivity index (χ4v) is 2.64. The van der Waals surface area contributed by atoms with Crippen LogP contribution in [-0.4, -0.2) is 17.0 Å². The number of carbonyl (C=O) groups is 1. The van der Waals surface area contributed by atoms with E-state index in [2.05, 4.69) is 6.92 Å². The van der Waals surface area contributed by atoms with Gasteiger partial charge in [0.1, 0.15) is 5.56 Å². The van der Waals surface area contributed by atoms with Crippen molar-refractivity contribution in [3.8, 4) is 0 Å². The molecule has 5 heteroatoms. The van der Waals surface area contributed by atoms with Crippen molar-refractivity contribution in [1.29, 1.82) is 0 Å². The number of nitrogens with zero attached hydrogens (tertiary/aromatic N) is 1. The summed E-state index contributed by atoms with van der Waals surface area (Å²) < 4.78 is 12.3. The molecule has 0 saturated heterocycles. The van der Waals surface area contributed by atoms with Crippen LogP contribution >= 0.6 is 0 Å². The molecule has 0 unspecified atom stereocenters. The molecule has 0 aliphatic rings. The molecule has 0 radical (unpaired) electrons. The molecule has 3 aromatic heterocycles. The molecule has 0 aromatic carbocycles. The molecule has 0 bridgehead atoms. The Hall–Kier alpha value is -2.56. The fraction of sp³-hybridized carbons (Fsp3) is 0.294. The van der Waals surface area contributed by atoms with Gasteiger partial charge in [-0.2, -0.15) is 0 Å². The van der Waals surface area contributed by atoms with Crippen LogP contribution in [0.3, 0.4) is 0 Å². The van der Waals surface area contributed by atoms with E-state index in [1.54, 1.807) is 13.0 Å². The van der Waals surface area contributed by atoms with E-state index >= 15 is 0 Å². The monoisotopic (exact) mass is 299 g/mol. The second-order valence-electron chi connectivity index (χ2n) is 5.14. The lowest BCUT2D eigenvalue weighted by Crippen LogP contribution is -2.16. The van der Waals surface area contributed by atoms with E-state index in [-0.39, 0.29) is 12.2 Å². The third-order valence-corrected chi connectivity index (χ3v) is 3.83. The van der Waals surface area contributed by atoms with Crippen LogP contribution in [0.15, 0.2) is 33.6 Å². The molecule has 0 amide bonds. The highest BCUT2D eigenvalue weighted by atomic mass is 16.5. The van der Waals surface area contributed by atoms with Crippen molar-refractivity contribution in [3.63, 3.8) is 0 Å². The maximum Gasteiger partial charge on any atom is 0.351 e. The average molecular weight is 299 g/mol. The van der Waals surface area contributed by atoms with E-state index in [4.69, 9.17) is 9.15 Å². The predicted octanol–water partition coefficient (Wildman–Crippen LogP) is 3.09. The first kappa shape index (κ1) is 14.4. The Bertz CT molecular complexity index is 933. The molecule has 3 aromatic rings. The first-order valence-corrected chi connectivity index (χ1v) is 7.31. The van der Waals surface area contributed by atoms with Crippen molar-refractivity contribution < 1.29 is 13.9 Å². The number of aromatic nitrogens is 1. The highest BCUT2D eigenvalue weighted by Gasteiger charge is 2.19. The largest absolute Gasteiger partial charge is 0.462 e. The molecule has 0 N–H and O–H groups in total. The molecule has 0 saturated carbocycles. The van der Waals surface area contributed by atoms with Gasteiger partial charge in [-0.1, -0.05) is 13.0 Å². The quantitative estimate of drug-likeness (QED) is 0.697. The Kier molecular flexibility index (Phi) is 3.48. The van der Waals surface area contributed by atoms with Crippen LogP contribution in [0.1, 0.15) is 35.5 Å². The van der Waals surface area contributed by atoms with Gasteiger partial charge in [0.25, 0.3) is 0 Å². The van der Waals surface area contributed by atoms with E-state index in [0.717, 1.165) is 23.0 Å². The van der Waals surface area contributed by atoms with E-state index in [1.807, 2.05) is 29.7 Å². The van der Waals surface area contributed by atoms with Crippen molar-refractivity contribution in [2.24, 2.45) is 0 Å². The minimum atomic E-state index is -0.666. The number of rotatable bonds is 3. The molecule has 0 aliphatic heterocycles. The zero-order valence-corrected chi connectivity index (χ0v) is 12.8. The number of hydrogen-bond donors (Lipinski definition) is 0. The molecule has 22 heavy (non-hydrogen) atoms. The normalized spacial score (nSPS) is 11.2. The minimum absolute atomic E-state index is 0.0681. The number of fused-ring (bicyclic) bond motifs is 3. The Balaban J connectivity index is 2.34. The first-order valence-electron chi connectivity index (χ1n) is 7.31. The molecule has 0 aliphatic carbocycles. The molecule has 0 fully saturated rings. The Morgan fingerprint density at radius 2 is 2.09 bits per heavy atom. The number of carbonyl (C=O) groups excluding carboxylic acids is 1. The Morgan fingerprint density at radius 3 is 2.77 bits per heavy atom. The van der Waals surface area contributed by atoms with Gasteiger partial charge in [0.15, 0.2) is 5.58 Å². The molecular weight excluding hydrogens is 282 g/mol. The zero-order chi connectivity index (χ0) is 15.9. The summed E-state index contributed by atoms with van der Waals surface area (Å²) in [6.07, 6.45) is 2.94. The lowest BCUT2D eigenvalue weighted by atomic mass is 10.2. The summed E-state index contributed by atoms with van der Waals surface area (Å²) in [4.78, 5) is 23.9. The van der Waals surface area contributed by atoms with E-state index in [9.17, 15) is 9.59 Å². The number of pyridine rings is 1. The van der Waals surface area contributed by atoms with Crippen LogP contribution in [0, 0.1) is 6.92 Å². The summed E-state index contributed by atoms with van der Waals surface area (Å²) in [7, 11) is 0. The lowest BCUT2D eigenvalue weighted by molar-refractivity contribution is 0.0522. The van der Waals surface area contributed by atoms with Crippen LogP contribution in [-0.2, 0) is 11.2 Å². The van der Waals surface area contributed by atoms with Gasteiger partial charge in [-0.3, -0.25) is 0 Å². The summed E-state index contributed by atoms with van der Waals surface area (Å²) in [6.45, 7) is 5.88. The van der Waals surface area contributed by atoms with Crippen molar-refractivity contribution >= 4 is 22.5 Å². The van der Waals surface area contributed by atoms with Gasteiger partial charge in [-0.05, 0) is 38.0 Å². The van der Waals surface area contributed by atoms with Gasteiger partial charge in [0.05, 0.1) is 17.8 Å². The topological polar surface area (TPSA) is 60.9 Å². The van der Waals surface area contributed by atoms with Gasteiger partial charge in [-0.15, -0.1) is 0 Å². The van der Waals surface area contributed by atoms with Crippen molar-refractivity contribution in [2.45, 2.75) is 27.2 Å². The van der Waals surface area contributed by atoms with E-state index in [1.165, 1.54) is 5.56 Å². The number of hydrogen-bond acceptors (Lipinski definition) is 4. The number of esters is 1. The van der Waals surface area contributed by atoms with Crippen molar-refractivity contribution in [1.82, 2.24) is 4.40 Å². The van der Waals surface area contributed by atoms with Gasteiger partial charge in [-0.25, -0.2) is 9.59 Å². The second kappa shape index (κ2) is 5.33. The highest BCUT2D eigenvalue weighted by molar-refractivity contribution is 6.00. The summed E-state index contributed by atoms with van der Waals surface area (Å²) in [5.41, 5.74) is 2.70. The third kappa shape index (κ3) is 2.09. The summed E-state index contributed by atoms with van der Waals surface area (Å²) in [5, 5.41) is 0.739. The minimum Gasteiger partial charge on any atom is -0.462 e. The molecule has 0 spiro atoms. The molecule has 114 valence electrons. The zero-order valence-electron chi connectivity index (χ0n) is 12.8. The number of ether oxygens (including phenoxy) is 1. The van der Waals surface area contributed by atoms with Gasteiger partial charge < -0.3 is 13.6 Å². The molecule has 0 atom stereocenters. The SMILES string of the molecule is CCOC(=O)c1cc2c(oc1=O)c(C)n1cc(CC)ccc21. The van der Waals surface area contributed by atoms with Gasteiger partial charge in [0.2, 0.25) is 0 Å². The van der Waals surface area contributed by atoms with E-state index in [0.29, 0.717) is 5.58 Å². The predicted molar refractivity (Wildman–Crippen MR) is 83.5 cm³/mol. The Morgan fingerprint density at radius 1 is 1.32 bits per heavy atom. The maximum atomic E-state index is 12.0. The van der Waals surface area contributed by atoms with Crippen molar-refractivity contribution in [3.05, 3.63) is 51.6 Å². The van der Waals surface area contributed by atoms with Crippen LogP contribution in [0.5, 0.6) is 0 Å². The van der Waals surface area contributed by atoms with E-state index < -0.39 is 11.6 Å². The molecule has 3 rings (SSSR count). The van der Waals surface area contributed by atoms with Crippen molar-refractivity contribution in [2.75, 3.05) is 6.61 Å². The van der Waals surface area contributed by atoms with Crippen LogP contribution < -0.4 is 5.63 Å². The second-order valence-corrected chi connectivity index (χ2v) is 5.14. The lowest BCUT2D eigenvalue weighted by Gasteiger charge is -2.01. The van der Waals surface area contributed by atoms with Crippen LogP contribution in [0.2, 0.25) is 0 Å². The molecule has 5 nitrogen and oxygen atoms in total. The van der Waals surface area contributed by atoms with Crippen LogP contribution in [0.25, 0.3) is 16.5 Å². The molecule has 3 heterocycles. The first-order chi connectivity index (χ1) is 10.6. The van der Waals surface area contributed by atoms with Gasteiger partial charge >= 0.3 is 11.6 Å². The summed E-state index contributed by atoms with van der Waals surface area (Å²) >= 11 is 0. The maximum absolute atomic E-state index is 12.0. The summed E-state index contributed by atoms with van der Waals surface area (Å²) in [5.74, 6) is -0.652. The fourth-order valence-electron chi connectivity index (χ4n) is 2.64. The summed E-state index contributed by atoms with van der Waals surface area (Å²) in [6, 6.07) is 5.57. The smallest absolute Gasteiger partial charge is 0.351 e. The van der Waals surface area contributed by atoms with Gasteiger partial charge in [0, 0.05) is 11.6 Å². The third-order valence-electron chi connectivity index (χ3n) is 3.83. The average Bonchev–Trinajstić information content (AvgIpc) is 2.78.